The third kappa shape index (κ3) is 12.3. The predicted octanol–water partition coefficient (Wildman–Crippen LogP) is 12.4. The van der Waals surface area contributed by atoms with Crippen LogP contribution in [0.2, 0.25) is 0 Å². The van der Waals surface area contributed by atoms with Gasteiger partial charge >= 0.3 is 0 Å². The van der Waals surface area contributed by atoms with E-state index in [1.165, 1.54) is 16.7 Å². The van der Waals surface area contributed by atoms with Crippen LogP contribution in [0.25, 0.3) is 9.69 Å². The van der Waals surface area contributed by atoms with E-state index in [1.54, 1.807) is 48.5 Å². The number of hydrogen-bond acceptors (Lipinski definition) is 3. The second-order valence-corrected chi connectivity index (χ2v) is 14.9. The van der Waals surface area contributed by atoms with Crippen molar-refractivity contribution in [1.29, 1.82) is 0 Å². The minimum Gasteiger partial charge on any atom is -0.289 e. The van der Waals surface area contributed by atoms with Gasteiger partial charge in [-0.1, -0.05) is 137 Å². The number of aryl methyl sites for hydroxylation is 8. The Balaban J connectivity index is 0.000000196. The van der Waals surface area contributed by atoms with Crippen LogP contribution in [-0.4, -0.2) is 14.2 Å². The van der Waals surface area contributed by atoms with Crippen molar-refractivity contribution < 1.29 is 13.2 Å². The number of carbonyl (C=O) groups excluding carboxylic acids is 1. The summed E-state index contributed by atoms with van der Waals surface area (Å²) >= 11 is 0. The third-order valence-corrected chi connectivity index (χ3v) is 10.1. The molecule has 0 heterocycles. The fourth-order valence-corrected chi connectivity index (χ4v) is 6.32. The van der Waals surface area contributed by atoms with E-state index < -0.39 is 9.84 Å². The summed E-state index contributed by atoms with van der Waals surface area (Å²) in [5.74, 6) is 0.0833. The molecule has 6 aromatic carbocycles. The summed E-state index contributed by atoms with van der Waals surface area (Å²) in [5.41, 5.74) is 11.9. The Bertz CT molecular complexity index is 2210. The van der Waals surface area contributed by atoms with Crippen LogP contribution in [0, 0.1) is 68.5 Å². The van der Waals surface area contributed by atoms with Gasteiger partial charge in [-0.05, 0) is 96.3 Å². The molecule has 0 atom stereocenters. The molecule has 0 aliphatic heterocycles. The van der Waals surface area contributed by atoms with Gasteiger partial charge in [0, 0.05) is 11.1 Å². The number of para-hydroxylation sites is 1. The molecule has 0 radical (unpaired) electrons. The highest BCUT2D eigenvalue weighted by molar-refractivity contribution is 7.91. The number of rotatable bonds is 4. The molecule has 0 saturated heterocycles. The van der Waals surface area contributed by atoms with Crippen molar-refractivity contribution in [1.82, 2.24) is 0 Å². The molecular weight excluding hydrogens is 673 g/mol. The summed E-state index contributed by atoms with van der Waals surface area (Å²) in [6, 6.07) is 40.9. The molecule has 0 spiro atoms. The van der Waals surface area contributed by atoms with E-state index in [1.807, 2.05) is 140 Å². The van der Waals surface area contributed by atoms with Gasteiger partial charge in [0.05, 0.1) is 22.9 Å². The topological polar surface area (TPSA) is 59.9 Å². The van der Waals surface area contributed by atoms with Gasteiger partial charge in [-0.2, -0.15) is 0 Å². The van der Waals surface area contributed by atoms with Crippen molar-refractivity contribution in [2.24, 2.45) is 0 Å². The Kier molecular flexibility index (Phi) is 15.2. The highest BCUT2D eigenvalue weighted by atomic mass is 32.2. The monoisotopic (exact) mass is 718 g/mol. The van der Waals surface area contributed by atoms with E-state index in [2.05, 4.69) is 9.69 Å². The van der Waals surface area contributed by atoms with Crippen molar-refractivity contribution in [2.45, 2.75) is 65.2 Å². The van der Waals surface area contributed by atoms with Crippen LogP contribution in [0.15, 0.2) is 143 Å². The Morgan fingerprint density at radius 3 is 1.13 bits per heavy atom. The number of hydrogen-bond donors (Lipinski definition) is 0. The molecule has 0 saturated carbocycles. The number of ketones is 1. The van der Waals surface area contributed by atoms with Gasteiger partial charge in [-0.25, -0.2) is 18.1 Å². The van der Waals surface area contributed by atoms with Crippen molar-refractivity contribution in [3.8, 4) is 0 Å². The van der Waals surface area contributed by atoms with Gasteiger partial charge in [0.1, 0.15) is 0 Å². The first kappa shape index (κ1) is 41.3. The molecule has 6 aromatic rings. The normalized spacial score (nSPS) is 10.1. The van der Waals surface area contributed by atoms with Crippen LogP contribution in [0.4, 0.5) is 11.4 Å². The lowest BCUT2D eigenvalue weighted by molar-refractivity contribution is 0.103. The summed E-state index contributed by atoms with van der Waals surface area (Å²) in [6.45, 7) is 29.4. The first-order chi connectivity index (χ1) is 25.2. The summed E-state index contributed by atoms with van der Waals surface area (Å²) in [4.78, 5) is 19.5. The number of benzene rings is 6. The van der Waals surface area contributed by atoms with Crippen molar-refractivity contribution in [2.75, 3.05) is 0 Å². The summed E-state index contributed by atoms with van der Waals surface area (Å²) in [5, 5.41) is 0. The van der Waals surface area contributed by atoms with Crippen LogP contribution in [0.3, 0.4) is 0 Å². The average molecular weight is 719 g/mol. The van der Waals surface area contributed by atoms with Crippen LogP contribution in [-0.2, 0) is 9.84 Å². The lowest BCUT2D eigenvalue weighted by Crippen LogP contribution is -2.01. The lowest BCUT2D eigenvalue weighted by atomic mass is 10.0. The maximum absolute atomic E-state index is 12.3. The molecule has 5 nitrogen and oxygen atoms in total. The van der Waals surface area contributed by atoms with Gasteiger partial charge < -0.3 is 0 Å². The minimum atomic E-state index is -3.37. The van der Waals surface area contributed by atoms with Gasteiger partial charge in [0.2, 0.25) is 9.84 Å². The smallest absolute Gasteiger partial charge is 0.206 e. The summed E-state index contributed by atoms with van der Waals surface area (Å²) in [7, 11) is -3.37. The molecule has 0 fully saturated rings. The predicted molar refractivity (Wildman–Crippen MR) is 218 cm³/mol. The van der Waals surface area contributed by atoms with Crippen LogP contribution >= 0.6 is 0 Å². The van der Waals surface area contributed by atoms with Crippen molar-refractivity contribution >= 4 is 27.0 Å². The molecule has 268 valence electrons. The maximum atomic E-state index is 12.3. The van der Waals surface area contributed by atoms with E-state index in [0.29, 0.717) is 9.79 Å². The minimum absolute atomic E-state index is 0.0833. The zero-order valence-electron chi connectivity index (χ0n) is 31.7. The summed E-state index contributed by atoms with van der Waals surface area (Å²) < 4.78 is 24.5. The molecule has 6 heteroatoms. The first-order valence-corrected chi connectivity index (χ1v) is 18.6. The highest BCUT2D eigenvalue weighted by Gasteiger charge is 2.16. The van der Waals surface area contributed by atoms with E-state index in [-0.39, 0.29) is 5.78 Å². The van der Waals surface area contributed by atoms with Gasteiger partial charge in [-0.3, -0.25) is 4.79 Å². The zero-order chi connectivity index (χ0) is 39.1. The average Bonchev–Trinajstić information content (AvgIpc) is 3.13. The quantitative estimate of drug-likeness (QED) is 0.135. The molecule has 53 heavy (non-hydrogen) atoms. The standard InChI is InChI=1S/C15H14O.C14H14O2S.2C9H9N/c1-11-3-7-13(8-4-11)15(16)14-9-5-12(2)6-10-14;1-11-3-7-13(8-4-11)17(15,16)14-9-5-12(2)6-10-14;1-7-4-5-9(10-3)8(2)6-7;1-7-5-4-6-8(2)9(7)10-3/h3-10H,1-2H3;3-10H,1-2H3;2*4-6H,1-2H3. The Morgan fingerprint density at radius 1 is 0.453 bits per heavy atom. The molecular formula is C47H46N2O3S. The van der Waals surface area contributed by atoms with Crippen LogP contribution < -0.4 is 0 Å². The van der Waals surface area contributed by atoms with E-state index >= 15 is 0 Å². The fourth-order valence-electron chi connectivity index (χ4n) is 5.06. The third-order valence-electron chi connectivity index (χ3n) is 8.31. The number of nitrogens with zero attached hydrogens (tertiary/aromatic N) is 2. The molecule has 0 N–H and O–H groups in total. The lowest BCUT2D eigenvalue weighted by Gasteiger charge is -2.05. The second-order valence-electron chi connectivity index (χ2n) is 12.9. The van der Waals surface area contributed by atoms with E-state index in [4.69, 9.17) is 13.1 Å². The molecule has 0 bridgehead atoms. The van der Waals surface area contributed by atoms with Gasteiger partial charge in [0.15, 0.2) is 17.2 Å². The Labute approximate surface area is 316 Å². The molecule has 0 aromatic heterocycles. The second kappa shape index (κ2) is 19.5. The van der Waals surface area contributed by atoms with Crippen LogP contribution in [0.5, 0.6) is 0 Å². The zero-order valence-corrected chi connectivity index (χ0v) is 32.5. The van der Waals surface area contributed by atoms with Gasteiger partial charge in [-0.15, -0.1) is 0 Å². The molecule has 0 unspecified atom stereocenters. The fraction of sp³-hybridized carbons (Fsp3) is 0.170. The molecule has 0 aliphatic rings. The number of sulfone groups is 1. The highest BCUT2D eigenvalue weighted by Crippen LogP contribution is 2.23. The summed E-state index contributed by atoms with van der Waals surface area (Å²) in [6.07, 6.45) is 0. The Morgan fingerprint density at radius 2 is 0.811 bits per heavy atom. The molecule has 0 aliphatic carbocycles. The SMILES string of the molecule is Cc1ccc(C(=O)c2ccc(C)cc2)cc1.Cc1ccc(S(=O)(=O)c2ccc(C)cc2)cc1.[C-]#[N+]c1c(C)cccc1C.[C-]#[N+]c1ccc(C)cc1C. The molecule has 6 rings (SSSR count). The maximum Gasteiger partial charge on any atom is 0.206 e. The van der Waals surface area contributed by atoms with Crippen molar-refractivity contribution in [3.05, 3.63) is 212 Å². The van der Waals surface area contributed by atoms with E-state index in [0.717, 1.165) is 50.3 Å². The van der Waals surface area contributed by atoms with Crippen molar-refractivity contribution in [3.63, 3.8) is 0 Å². The Hall–Kier alpha value is -6.08. The van der Waals surface area contributed by atoms with E-state index in [9.17, 15) is 13.2 Å². The largest absolute Gasteiger partial charge is 0.289 e. The first-order valence-electron chi connectivity index (χ1n) is 17.1. The number of carbonyl (C=O) groups is 1. The van der Waals surface area contributed by atoms with Gasteiger partial charge in [0.25, 0.3) is 0 Å². The van der Waals surface area contributed by atoms with Crippen LogP contribution in [0.1, 0.15) is 60.4 Å². The molecule has 0 amide bonds.